The van der Waals surface area contributed by atoms with Gasteiger partial charge in [0.05, 0.1) is 17.4 Å². The fourth-order valence-corrected chi connectivity index (χ4v) is 1.45. The lowest BCUT2D eigenvalue weighted by molar-refractivity contribution is -0.119. The molecule has 76 valence electrons. The largest absolute Gasteiger partial charge is 0.322 e. The molecule has 5 nitrogen and oxygen atoms in total. The van der Waals surface area contributed by atoms with Gasteiger partial charge in [-0.05, 0) is 19.9 Å². The van der Waals surface area contributed by atoms with Gasteiger partial charge in [-0.1, -0.05) is 0 Å². The fraction of sp³-hybridized carbons (Fsp3) is 0.556. The average molecular weight is 194 g/mol. The van der Waals surface area contributed by atoms with Gasteiger partial charge in [0.15, 0.2) is 0 Å². The van der Waals surface area contributed by atoms with Crippen LogP contribution in [0.25, 0.3) is 0 Å². The summed E-state index contributed by atoms with van der Waals surface area (Å²) in [6.45, 7) is 2.81. The molecule has 14 heavy (non-hydrogen) atoms. The molecule has 1 amide bonds. The van der Waals surface area contributed by atoms with Gasteiger partial charge in [0, 0.05) is 13.2 Å². The molecule has 0 saturated carbocycles. The summed E-state index contributed by atoms with van der Waals surface area (Å²) in [5.41, 5.74) is 1.64. The molecule has 1 saturated heterocycles. The highest BCUT2D eigenvalue weighted by atomic mass is 16.2. The average Bonchev–Trinajstić information content (AvgIpc) is 2.26. The molecule has 0 radical (unpaired) electrons. The summed E-state index contributed by atoms with van der Waals surface area (Å²) in [4.78, 5) is 11.5. The second-order valence-corrected chi connectivity index (χ2v) is 3.59. The summed E-state index contributed by atoms with van der Waals surface area (Å²) >= 11 is 0. The van der Waals surface area contributed by atoms with Gasteiger partial charge in [-0.25, -0.2) is 0 Å². The molecule has 1 aliphatic heterocycles. The van der Waals surface area contributed by atoms with E-state index in [0.29, 0.717) is 0 Å². The number of carbonyl (C=O) groups excluding carboxylic acids is 1. The van der Waals surface area contributed by atoms with Gasteiger partial charge in [-0.3, -0.25) is 9.48 Å². The molecule has 1 aliphatic rings. The van der Waals surface area contributed by atoms with E-state index in [9.17, 15) is 4.79 Å². The lowest BCUT2D eigenvalue weighted by Gasteiger charge is -2.25. The van der Waals surface area contributed by atoms with E-state index in [-0.39, 0.29) is 11.9 Å². The van der Waals surface area contributed by atoms with Crippen molar-refractivity contribution in [2.24, 2.45) is 7.05 Å². The molecular weight excluding hydrogens is 180 g/mol. The normalized spacial score (nSPS) is 20.3. The monoisotopic (exact) mass is 194 g/mol. The van der Waals surface area contributed by atoms with Crippen LogP contribution in [0.1, 0.15) is 12.1 Å². The number of amides is 1. The first-order chi connectivity index (χ1) is 6.66. The van der Waals surface area contributed by atoms with Crippen LogP contribution >= 0.6 is 0 Å². The van der Waals surface area contributed by atoms with Crippen LogP contribution in [-0.4, -0.2) is 28.3 Å². The zero-order valence-corrected chi connectivity index (χ0v) is 8.37. The molecule has 1 fully saturated rings. The number of aryl methyl sites for hydroxylation is 2. The maximum atomic E-state index is 11.5. The maximum absolute atomic E-state index is 11.5. The van der Waals surface area contributed by atoms with E-state index in [4.69, 9.17) is 0 Å². The standard InChI is InChI=1S/C9H14N4O/c1-6-8(5-13(2)12-6)11-9(14)7-3-4-10-7/h5,7,10H,3-4H2,1-2H3,(H,11,14)/t7-/m1/s1. The quantitative estimate of drug-likeness (QED) is 0.698. The topological polar surface area (TPSA) is 59.0 Å². The Bertz CT molecular complexity index is 354. The number of nitrogens with zero attached hydrogens (tertiary/aromatic N) is 2. The smallest absolute Gasteiger partial charge is 0.241 e. The van der Waals surface area contributed by atoms with Crippen molar-refractivity contribution in [2.75, 3.05) is 11.9 Å². The molecule has 0 unspecified atom stereocenters. The van der Waals surface area contributed by atoms with E-state index in [1.165, 1.54) is 0 Å². The highest BCUT2D eigenvalue weighted by Gasteiger charge is 2.24. The van der Waals surface area contributed by atoms with Crippen LogP contribution in [-0.2, 0) is 11.8 Å². The number of aromatic nitrogens is 2. The molecular formula is C9H14N4O. The number of carbonyl (C=O) groups is 1. The molecule has 0 bridgehead atoms. The van der Waals surface area contributed by atoms with Crippen molar-refractivity contribution in [1.29, 1.82) is 0 Å². The van der Waals surface area contributed by atoms with Crippen molar-refractivity contribution >= 4 is 11.6 Å². The van der Waals surface area contributed by atoms with Gasteiger partial charge < -0.3 is 10.6 Å². The van der Waals surface area contributed by atoms with Crippen LogP contribution in [0.4, 0.5) is 5.69 Å². The molecule has 2 N–H and O–H groups in total. The Morgan fingerprint density at radius 2 is 2.50 bits per heavy atom. The number of hydrogen-bond donors (Lipinski definition) is 2. The highest BCUT2D eigenvalue weighted by Crippen LogP contribution is 2.13. The summed E-state index contributed by atoms with van der Waals surface area (Å²) < 4.78 is 1.69. The Morgan fingerprint density at radius 3 is 2.93 bits per heavy atom. The Morgan fingerprint density at radius 1 is 1.79 bits per heavy atom. The Hall–Kier alpha value is -1.36. The van der Waals surface area contributed by atoms with Crippen LogP contribution in [0.5, 0.6) is 0 Å². The predicted molar refractivity (Wildman–Crippen MR) is 53.0 cm³/mol. The Labute approximate surface area is 82.5 Å². The van der Waals surface area contributed by atoms with Crippen molar-refractivity contribution in [1.82, 2.24) is 15.1 Å². The molecule has 0 aromatic carbocycles. The van der Waals surface area contributed by atoms with E-state index < -0.39 is 0 Å². The summed E-state index contributed by atoms with van der Waals surface area (Å²) in [5.74, 6) is 0.0346. The van der Waals surface area contributed by atoms with Crippen molar-refractivity contribution in [3.05, 3.63) is 11.9 Å². The number of hydrogen-bond acceptors (Lipinski definition) is 3. The van der Waals surface area contributed by atoms with Gasteiger partial charge in [-0.15, -0.1) is 0 Å². The summed E-state index contributed by atoms with van der Waals surface area (Å²) in [7, 11) is 1.84. The third-order valence-corrected chi connectivity index (χ3v) is 2.41. The van der Waals surface area contributed by atoms with Gasteiger partial charge in [0.2, 0.25) is 5.91 Å². The molecule has 1 atom stereocenters. The van der Waals surface area contributed by atoms with Crippen molar-refractivity contribution in [2.45, 2.75) is 19.4 Å². The summed E-state index contributed by atoms with van der Waals surface area (Å²) in [6.07, 6.45) is 2.73. The lowest BCUT2D eigenvalue weighted by Crippen LogP contribution is -2.50. The summed E-state index contributed by atoms with van der Waals surface area (Å²) in [6, 6.07) is -0.0189. The number of nitrogens with one attached hydrogen (secondary N) is 2. The van der Waals surface area contributed by atoms with Crippen LogP contribution in [0.2, 0.25) is 0 Å². The SMILES string of the molecule is Cc1nn(C)cc1NC(=O)[C@H]1CCN1. The van der Waals surface area contributed by atoms with E-state index in [0.717, 1.165) is 24.3 Å². The molecule has 1 aromatic rings. The molecule has 0 aliphatic carbocycles. The van der Waals surface area contributed by atoms with Crippen molar-refractivity contribution in [3.8, 4) is 0 Å². The van der Waals surface area contributed by atoms with Crippen LogP contribution in [0.3, 0.4) is 0 Å². The predicted octanol–water partition coefficient (Wildman–Crippen LogP) is 0.0289. The van der Waals surface area contributed by atoms with Gasteiger partial charge in [0.1, 0.15) is 0 Å². The Balaban J connectivity index is 2.02. The first-order valence-electron chi connectivity index (χ1n) is 4.71. The number of rotatable bonds is 2. The molecule has 1 aromatic heterocycles. The third kappa shape index (κ3) is 1.63. The van der Waals surface area contributed by atoms with E-state index in [1.54, 1.807) is 4.68 Å². The number of anilines is 1. The fourth-order valence-electron chi connectivity index (χ4n) is 1.45. The third-order valence-electron chi connectivity index (χ3n) is 2.41. The van der Waals surface area contributed by atoms with Crippen LogP contribution < -0.4 is 10.6 Å². The van der Waals surface area contributed by atoms with Gasteiger partial charge in [-0.2, -0.15) is 5.10 Å². The lowest BCUT2D eigenvalue weighted by atomic mass is 10.1. The first-order valence-corrected chi connectivity index (χ1v) is 4.71. The van der Waals surface area contributed by atoms with Crippen LogP contribution in [0, 0.1) is 6.92 Å². The minimum Gasteiger partial charge on any atom is -0.322 e. The second-order valence-electron chi connectivity index (χ2n) is 3.59. The maximum Gasteiger partial charge on any atom is 0.241 e. The molecule has 5 heteroatoms. The van der Waals surface area contributed by atoms with Gasteiger partial charge >= 0.3 is 0 Å². The van der Waals surface area contributed by atoms with Gasteiger partial charge in [0.25, 0.3) is 0 Å². The first kappa shape index (κ1) is 9.21. The van der Waals surface area contributed by atoms with Crippen molar-refractivity contribution < 1.29 is 4.79 Å². The van der Waals surface area contributed by atoms with Crippen molar-refractivity contribution in [3.63, 3.8) is 0 Å². The Kier molecular flexibility index (Phi) is 2.25. The minimum absolute atomic E-state index is 0.0189. The zero-order chi connectivity index (χ0) is 10.1. The molecule has 2 heterocycles. The molecule has 0 spiro atoms. The van der Waals surface area contributed by atoms with E-state index in [1.807, 2.05) is 20.2 Å². The molecule has 2 rings (SSSR count). The van der Waals surface area contributed by atoms with E-state index in [2.05, 4.69) is 15.7 Å². The van der Waals surface area contributed by atoms with E-state index >= 15 is 0 Å². The highest BCUT2D eigenvalue weighted by molar-refractivity contribution is 5.95. The minimum atomic E-state index is -0.0189. The zero-order valence-electron chi connectivity index (χ0n) is 8.37. The van der Waals surface area contributed by atoms with Crippen LogP contribution in [0.15, 0.2) is 6.20 Å². The second kappa shape index (κ2) is 3.42. The summed E-state index contributed by atoms with van der Waals surface area (Å²) in [5, 5.41) is 10.0.